The first-order valence-corrected chi connectivity index (χ1v) is 8.34. The SMILES string of the molecule is CNC(C)c1ccc(Br)cc1Sc1ccc(C)c(C)c1. The van der Waals surface area contributed by atoms with Crippen molar-refractivity contribution in [3.8, 4) is 0 Å². The van der Waals surface area contributed by atoms with Gasteiger partial charge in [0.25, 0.3) is 0 Å². The van der Waals surface area contributed by atoms with Crippen molar-refractivity contribution < 1.29 is 0 Å². The molecule has 0 heterocycles. The zero-order valence-corrected chi connectivity index (χ0v) is 14.7. The Morgan fingerprint density at radius 3 is 2.45 bits per heavy atom. The fourth-order valence-electron chi connectivity index (χ4n) is 2.01. The number of nitrogens with one attached hydrogen (secondary N) is 1. The average Bonchev–Trinajstić information content (AvgIpc) is 2.42. The van der Waals surface area contributed by atoms with E-state index in [0.29, 0.717) is 6.04 Å². The molecule has 0 saturated carbocycles. The molecule has 0 aromatic heterocycles. The summed E-state index contributed by atoms with van der Waals surface area (Å²) in [6.07, 6.45) is 0. The lowest BCUT2D eigenvalue weighted by molar-refractivity contribution is 0.641. The molecule has 0 bridgehead atoms. The van der Waals surface area contributed by atoms with E-state index in [0.717, 1.165) is 4.47 Å². The topological polar surface area (TPSA) is 12.0 Å². The molecule has 1 N–H and O–H groups in total. The number of benzene rings is 2. The molecule has 0 saturated heterocycles. The Kier molecular flexibility index (Phi) is 5.30. The largest absolute Gasteiger partial charge is 0.313 e. The summed E-state index contributed by atoms with van der Waals surface area (Å²) in [6, 6.07) is 13.5. The second kappa shape index (κ2) is 6.79. The van der Waals surface area contributed by atoms with Gasteiger partial charge in [-0.2, -0.15) is 0 Å². The van der Waals surface area contributed by atoms with Crippen molar-refractivity contribution in [2.24, 2.45) is 0 Å². The van der Waals surface area contributed by atoms with E-state index < -0.39 is 0 Å². The summed E-state index contributed by atoms with van der Waals surface area (Å²) in [5.41, 5.74) is 4.01. The van der Waals surface area contributed by atoms with Crippen LogP contribution in [0.1, 0.15) is 29.7 Å². The highest BCUT2D eigenvalue weighted by Crippen LogP contribution is 2.35. The Balaban J connectivity index is 2.36. The maximum atomic E-state index is 3.57. The predicted octanol–water partition coefficient (Wildman–Crippen LogP) is 5.50. The third-order valence-electron chi connectivity index (χ3n) is 3.58. The van der Waals surface area contributed by atoms with Crippen LogP contribution in [-0.2, 0) is 0 Å². The van der Waals surface area contributed by atoms with Crippen molar-refractivity contribution in [2.75, 3.05) is 7.05 Å². The zero-order valence-electron chi connectivity index (χ0n) is 12.3. The second-order valence-electron chi connectivity index (χ2n) is 5.04. The van der Waals surface area contributed by atoms with Crippen LogP contribution in [0.15, 0.2) is 50.7 Å². The van der Waals surface area contributed by atoms with Gasteiger partial charge in [0, 0.05) is 20.3 Å². The molecule has 2 aromatic carbocycles. The highest BCUT2D eigenvalue weighted by Gasteiger charge is 2.11. The minimum absolute atomic E-state index is 0.345. The first-order chi connectivity index (χ1) is 9.51. The van der Waals surface area contributed by atoms with E-state index >= 15 is 0 Å². The minimum Gasteiger partial charge on any atom is -0.313 e. The lowest BCUT2D eigenvalue weighted by atomic mass is 10.1. The van der Waals surface area contributed by atoms with Crippen molar-refractivity contribution >= 4 is 27.7 Å². The molecule has 20 heavy (non-hydrogen) atoms. The quantitative estimate of drug-likeness (QED) is 0.782. The van der Waals surface area contributed by atoms with Crippen LogP contribution >= 0.6 is 27.7 Å². The Morgan fingerprint density at radius 2 is 1.80 bits per heavy atom. The van der Waals surface area contributed by atoms with Crippen LogP contribution in [0.3, 0.4) is 0 Å². The van der Waals surface area contributed by atoms with Gasteiger partial charge in [-0.15, -0.1) is 0 Å². The molecule has 0 spiro atoms. The van der Waals surface area contributed by atoms with Crippen molar-refractivity contribution in [2.45, 2.75) is 36.6 Å². The average molecular weight is 350 g/mol. The van der Waals surface area contributed by atoms with Crippen LogP contribution in [0.4, 0.5) is 0 Å². The highest BCUT2D eigenvalue weighted by molar-refractivity contribution is 9.10. The summed E-state index contributed by atoms with van der Waals surface area (Å²) in [7, 11) is 2.00. The van der Waals surface area contributed by atoms with Crippen LogP contribution in [-0.4, -0.2) is 7.05 Å². The smallest absolute Gasteiger partial charge is 0.0300 e. The fourth-order valence-corrected chi connectivity index (χ4v) is 3.70. The van der Waals surface area contributed by atoms with Gasteiger partial charge in [-0.3, -0.25) is 0 Å². The molecule has 1 nitrogen and oxygen atoms in total. The molecular formula is C17H20BrNS. The molecule has 0 aliphatic carbocycles. The molecule has 0 radical (unpaired) electrons. The summed E-state index contributed by atoms with van der Waals surface area (Å²) >= 11 is 5.40. The molecule has 3 heteroatoms. The van der Waals surface area contributed by atoms with Gasteiger partial charge < -0.3 is 5.32 Å². The number of hydrogen-bond donors (Lipinski definition) is 1. The van der Waals surface area contributed by atoms with Gasteiger partial charge in [0.05, 0.1) is 0 Å². The van der Waals surface area contributed by atoms with Crippen LogP contribution in [0.5, 0.6) is 0 Å². The molecule has 2 rings (SSSR count). The van der Waals surface area contributed by atoms with Crippen LogP contribution in [0.2, 0.25) is 0 Å². The summed E-state index contributed by atoms with van der Waals surface area (Å²) in [4.78, 5) is 2.58. The monoisotopic (exact) mass is 349 g/mol. The zero-order chi connectivity index (χ0) is 14.7. The van der Waals surface area contributed by atoms with Crippen LogP contribution < -0.4 is 5.32 Å². The summed E-state index contributed by atoms with van der Waals surface area (Å²) in [6.45, 7) is 6.50. The van der Waals surface area contributed by atoms with Crippen molar-refractivity contribution in [3.05, 3.63) is 57.6 Å². The van der Waals surface area contributed by atoms with E-state index in [1.165, 1.54) is 26.5 Å². The maximum absolute atomic E-state index is 3.57. The van der Waals surface area contributed by atoms with E-state index in [1.54, 1.807) is 0 Å². The summed E-state index contributed by atoms with van der Waals surface area (Å²) in [5, 5.41) is 3.32. The third-order valence-corrected chi connectivity index (χ3v) is 5.14. The van der Waals surface area contributed by atoms with Crippen molar-refractivity contribution in [1.82, 2.24) is 5.32 Å². The number of halogens is 1. The highest BCUT2D eigenvalue weighted by atomic mass is 79.9. The maximum Gasteiger partial charge on any atom is 0.0300 e. The molecule has 1 atom stereocenters. The van der Waals surface area contributed by atoms with E-state index in [-0.39, 0.29) is 0 Å². The minimum atomic E-state index is 0.345. The second-order valence-corrected chi connectivity index (χ2v) is 7.07. The molecule has 0 amide bonds. The van der Waals surface area contributed by atoms with Gasteiger partial charge in [0.2, 0.25) is 0 Å². The molecule has 0 aliphatic rings. The van der Waals surface area contributed by atoms with Crippen LogP contribution in [0, 0.1) is 13.8 Å². The van der Waals surface area contributed by atoms with Gasteiger partial charge in [-0.1, -0.05) is 39.8 Å². The van der Waals surface area contributed by atoms with E-state index in [1.807, 2.05) is 18.8 Å². The van der Waals surface area contributed by atoms with E-state index in [4.69, 9.17) is 0 Å². The molecular weight excluding hydrogens is 330 g/mol. The molecule has 0 fully saturated rings. The summed E-state index contributed by atoms with van der Waals surface area (Å²) in [5.74, 6) is 0. The van der Waals surface area contributed by atoms with Gasteiger partial charge in [-0.25, -0.2) is 0 Å². The first-order valence-electron chi connectivity index (χ1n) is 6.73. The molecule has 0 aliphatic heterocycles. The Labute approximate surface area is 134 Å². The predicted molar refractivity (Wildman–Crippen MR) is 91.7 cm³/mol. The molecule has 1 unspecified atom stereocenters. The Morgan fingerprint density at radius 1 is 1.05 bits per heavy atom. The van der Waals surface area contributed by atoms with Gasteiger partial charge >= 0.3 is 0 Å². The van der Waals surface area contributed by atoms with Gasteiger partial charge in [0.1, 0.15) is 0 Å². The Bertz CT molecular complexity index is 610. The Hall–Kier alpha value is -0.770. The number of hydrogen-bond acceptors (Lipinski definition) is 2. The first kappa shape index (κ1) is 15.6. The van der Waals surface area contributed by atoms with Crippen LogP contribution in [0.25, 0.3) is 0 Å². The van der Waals surface area contributed by atoms with E-state index in [9.17, 15) is 0 Å². The normalized spacial score (nSPS) is 12.4. The number of rotatable bonds is 4. The summed E-state index contributed by atoms with van der Waals surface area (Å²) < 4.78 is 1.12. The van der Waals surface area contributed by atoms with Crippen molar-refractivity contribution in [3.63, 3.8) is 0 Å². The lowest BCUT2D eigenvalue weighted by Gasteiger charge is -2.16. The third kappa shape index (κ3) is 3.66. The molecule has 2 aromatic rings. The van der Waals surface area contributed by atoms with E-state index in [2.05, 4.69) is 78.4 Å². The lowest BCUT2D eigenvalue weighted by Crippen LogP contribution is -2.13. The standard InChI is InChI=1S/C17H20BrNS/c1-11-5-7-15(9-12(11)2)20-17-10-14(18)6-8-16(17)13(3)19-4/h5-10,13,19H,1-4H3. The number of aryl methyl sites for hydroxylation is 2. The van der Waals surface area contributed by atoms with Gasteiger partial charge in [0.15, 0.2) is 0 Å². The fraction of sp³-hybridized carbons (Fsp3) is 0.294. The molecule has 106 valence electrons. The van der Waals surface area contributed by atoms with Crippen molar-refractivity contribution in [1.29, 1.82) is 0 Å². The van der Waals surface area contributed by atoms with Gasteiger partial charge in [-0.05, 0) is 68.8 Å².